The highest BCUT2D eigenvalue weighted by atomic mass is 35.5. The molecule has 0 spiro atoms. The van der Waals surface area contributed by atoms with E-state index in [9.17, 15) is 0 Å². The predicted octanol–water partition coefficient (Wildman–Crippen LogP) is 2.89. The molecule has 0 amide bonds. The van der Waals surface area contributed by atoms with E-state index >= 15 is 0 Å². The molecular weight excluding hydrogens is 288 g/mol. The molecule has 6 heteroatoms. The Morgan fingerprint density at radius 1 is 1.38 bits per heavy atom. The highest BCUT2D eigenvalue weighted by Crippen LogP contribution is 2.30. The number of hydrogen-bond acceptors (Lipinski definition) is 4. The topological polar surface area (TPSA) is 66.0 Å². The summed E-state index contributed by atoms with van der Waals surface area (Å²) in [5, 5.41) is 9.11. The SMILES string of the molecule is COc1cc(Cl)c(C)cc1-n1nnc(CN)c1CC(C)C. The molecule has 0 saturated carbocycles. The van der Waals surface area contributed by atoms with Crippen LogP contribution in [0.4, 0.5) is 0 Å². The number of nitrogens with zero attached hydrogens (tertiary/aromatic N) is 3. The predicted molar refractivity (Wildman–Crippen MR) is 84.1 cm³/mol. The largest absolute Gasteiger partial charge is 0.494 e. The van der Waals surface area contributed by atoms with E-state index in [-0.39, 0.29) is 0 Å². The number of nitrogens with two attached hydrogens (primary N) is 1. The van der Waals surface area contributed by atoms with Crippen molar-refractivity contribution in [1.82, 2.24) is 15.0 Å². The van der Waals surface area contributed by atoms with E-state index in [0.717, 1.165) is 29.1 Å². The van der Waals surface area contributed by atoms with Gasteiger partial charge in [-0.05, 0) is 30.9 Å². The molecule has 2 rings (SSSR count). The van der Waals surface area contributed by atoms with Gasteiger partial charge in [-0.15, -0.1) is 5.10 Å². The maximum absolute atomic E-state index is 6.16. The van der Waals surface area contributed by atoms with Gasteiger partial charge in [0.15, 0.2) is 0 Å². The minimum Gasteiger partial charge on any atom is -0.494 e. The molecule has 114 valence electrons. The van der Waals surface area contributed by atoms with Gasteiger partial charge in [-0.3, -0.25) is 0 Å². The Balaban J connectivity index is 2.61. The molecule has 0 atom stereocenters. The van der Waals surface area contributed by atoms with Crippen LogP contribution in [0.5, 0.6) is 5.75 Å². The molecule has 1 aromatic heterocycles. The third kappa shape index (κ3) is 3.19. The second-order valence-electron chi connectivity index (χ2n) is 5.47. The van der Waals surface area contributed by atoms with Crippen LogP contribution in [-0.4, -0.2) is 22.1 Å². The normalized spacial score (nSPS) is 11.2. The van der Waals surface area contributed by atoms with E-state index in [1.54, 1.807) is 13.2 Å². The van der Waals surface area contributed by atoms with Crippen LogP contribution >= 0.6 is 11.6 Å². The number of methoxy groups -OCH3 is 1. The van der Waals surface area contributed by atoms with Crippen LogP contribution in [0.1, 0.15) is 30.8 Å². The molecule has 0 bridgehead atoms. The zero-order chi connectivity index (χ0) is 15.6. The van der Waals surface area contributed by atoms with Gasteiger partial charge in [-0.25, -0.2) is 4.68 Å². The van der Waals surface area contributed by atoms with Crippen molar-refractivity contribution >= 4 is 11.6 Å². The molecule has 0 saturated heterocycles. The number of rotatable bonds is 5. The molecule has 0 aliphatic rings. The smallest absolute Gasteiger partial charge is 0.146 e. The van der Waals surface area contributed by atoms with Gasteiger partial charge in [0, 0.05) is 17.6 Å². The van der Waals surface area contributed by atoms with Crippen LogP contribution in [0.2, 0.25) is 5.02 Å². The van der Waals surface area contributed by atoms with E-state index in [1.807, 2.05) is 17.7 Å². The molecule has 5 nitrogen and oxygen atoms in total. The van der Waals surface area contributed by atoms with Crippen LogP contribution in [0, 0.1) is 12.8 Å². The average Bonchev–Trinajstić information content (AvgIpc) is 2.83. The minimum atomic E-state index is 0.372. The Kier molecular flexibility index (Phi) is 4.85. The van der Waals surface area contributed by atoms with E-state index in [1.165, 1.54) is 0 Å². The highest BCUT2D eigenvalue weighted by molar-refractivity contribution is 6.31. The van der Waals surface area contributed by atoms with E-state index in [2.05, 4.69) is 24.2 Å². The van der Waals surface area contributed by atoms with Gasteiger partial charge in [0.2, 0.25) is 0 Å². The quantitative estimate of drug-likeness (QED) is 0.922. The third-order valence-corrected chi connectivity index (χ3v) is 3.73. The number of aryl methyl sites for hydroxylation is 1. The Morgan fingerprint density at radius 2 is 2.10 bits per heavy atom. The van der Waals surface area contributed by atoms with Crippen molar-refractivity contribution in [2.24, 2.45) is 11.7 Å². The van der Waals surface area contributed by atoms with Crippen LogP contribution in [-0.2, 0) is 13.0 Å². The summed E-state index contributed by atoms with van der Waals surface area (Å²) in [6.07, 6.45) is 0.852. The van der Waals surface area contributed by atoms with Gasteiger partial charge >= 0.3 is 0 Å². The Bertz CT molecular complexity index is 637. The summed E-state index contributed by atoms with van der Waals surface area (Å²) >= 11 is 6.16. The lowest BCUT2D eigenvalue weighted by atomic mass is 10.1. The van der Waals surface area contributed by atoms with Crippen LogP contribution in [0.15, 0.2) is 12.1 Å². The summed E-state index contributed by atoms with van der Waals surface area (Å²) in [6, 6.07) is 3.76. The second-order valence-corrected chi connectivity index (χ2v) is 5.88. The summed E-state index contributed by atoms with van der Waals surface area (Å²) in [5.41, 5.74) is 9.41. The number of ether oxygens (including phenoxy) is 1. The molecule has 0 radical (unpaired) electrons. The van der Waals surface area contributed by atoms with Crippen molar-refractivity contribution in [1.29, 1.82) is 0 Å². The molecular formula is C15H21ClN4O. The van der Waals surface area contributed by atoms with Crippen molar-refractivity contribution in [2.45, 2.75) is 33.7 Å². The number of hydrogen-bond donors (Lipinski definition) is 1. The van der Waals surface area contributed by atoms with Crippen molar-refractivity contribution in [3.05, 3.63) is 34.1 Å². The van der Waals surface area contributed by atoms with Gasteiger partial charge in [0.1, 0.15) is 11.4 Å². The van der Waals surface area contributed by atoms with Crippen molar-refractivity contribution < 1.29 is 4.74 Å². The Morgan fingerprint density at radius 3 is 2.67 bits per heavy atom. The fourth-order valence-electron chi connectivity index (χ4n) is 2.25. The van der Waals surface area contributed by atoms with Crippen molar-refractivity contribution in [3.8, 4) is 11.4 Å². The zero-order valence-electron chi connectivity index (χ0n) is 12.9. The maximum atomic E-state index is 6.16. The summed E-state index contributed by atoms with van der Waals surface area (Å²) < 4.78 is 7.24. The lowest BCUT2D eigenvalue weighted by Gasteiger charge is -2.14. The highest BCUT2D eigenvalue weighted by Gasteiger charge is 2.18. The van der Waals surface area contributed by atoms with Crippen LogP contribution in [0.3, 0.4) is 0 Å². The number of benzene rings is 1. The lowest BCUT2D eigenvalue weighted by molar-refractivity contribution is 0.410. The summed E-state index contributed by atoms with van der Waals surface area (Å²) in [6.45, 7) is 6.63. The number of aromatic nitrogens is 3. The standard InChI is InChI=1S/C15H21ClN4O/c1-9(2)5-13-12(8-17)18-19-20(13)14-6-10(3)11(16)7-15(14)21-4/h6-7,9H,5,8,17H2,1-4H3. The van der Waals surface area contributed by atoms with E-state index in [0.29, 0.717) is 23.2 Å². The first-order valence-electron chi connectivity index (χ1n) is 6.96. The molecule has 0 fully saturated rings. The first-order valence-corrected chi connectivity index (χ1v) is 7.33. The molecule has 1 heterocycles. The van der Waals surface area contributed by atoms with Gasteiger partial charge < -0.3 is 10.5 Å². The first kappa shape index (κ1) is 15.8. The molecule has 2 N–H and O–H groups in total. The molecule has 0 aliphatic carbocycles. The van der Waals surface area contributed by atoms with Crippen molar-refractivity contribution in [3.63, 3.8) is 0 Å². The second kappa shape index (κ2) is 6.45. The van der Waals surface area contributed by atoms with Crippen LogP contribution < -0.4 is 10.5 Å². The average molecular weight is 309 g/mol. The van der Waals surface area contributed by atoms with Crippen molar-refractivity contribution in [2.75, 3.05) is 7.11 Å². The van der Waals surface area contributed by atoms with Gasteiger partial charge in [-0.2, -0.15) is 0 Å². The van der Waals surface area contributed by atoms with Crippen LogP contribution in [0.25, 0.3) is 5.69 Å². The fraction of sp³-hybridized carbons (Fsp3) is 0.467. The molecule has 2 aromatic rings. The number of halogens is 1. The van der Waals surface area contributed by atoms with E-state index in [4.69, 9.17) is 22.1 Å². The third-order valence-electron chi connectivity index (χ3n) is 3.33. The lowest BCUT2D eigenvalue weighted by Crippen LogP contribution is -2.10. The zero-order valence-corrected chi connectivity index (χ0v) is 13.6. The van der Waals surface area contributed by atoms with E-state index < -0.39 is 0 Å². The monoisotopic (exact) mass is 308 g/mol. The molecule has 0 unspecified atom stereocenters. The summed E-state index contributed by atoms with van der Waals surface area (Å²) in [7, 11) is 1.62. The van der Waals surface area contributed by atoms with Gasteiger partial charge in [-0.1, -0.05) is 30.7 Å². The fourth-order valence-corrected chi connectivity index (χ4v) is 2.41. The Labute approximate surface area is 130 Å². The first-order chi connectivity index (χ1) is 9.97. The molecule has 21 heavy (non-hydrogen) atoms. The Hall–Kier alpha value is -1.59. The minimum absolute atomic E-state index is 0.372. The van der Waals surface area contributed by atoms with Gasteiger partial charge in [0.25, 0.3) is 0 Å². The molecule has 1 aromatic carbocycles. The maximum Gasteiger partial charge on any atom is 0.146 e. The summed E-state index contributed by atoms with van der Waals surface area (Å²) in [5.74, 6) is 1.15. The summed E-state index contributed by atoms with van der Waals surface area (Å²) in [4.78, 5) is 0. The van der Waals surface area contributed by atoms with Gasteiger partial charge in [0.05, 0.1) is 18.5 Å². The molecule has 0 aliphatic heterocycles.